The number of piperidine rings is 1. The Hall–Kier alpha value is -3.07. The van der Waals surface area contributed by atoms with Crippen LogP contribution in [0.3, 0.4) is 0 Å². The highest BCUT2D eigenvalue weighted by molar-refractivity contribution is 6.31. The van der Waals surface area contributed by atoms with Crippen LogP contribution in [0.1, 0.15) is 45.2 Å². The molecular weight excluding hydrogens is 452 g/mol. The minimum atomic E-state index is -0.848. The zero-order chi connectivity index (χ0) is 23.8. The average Bonchev–Trinajstić information content (AvgIpc) is 2.76. The van der Waals surface area contributed by atoms with Gasteiger partial charge in [0, 0.05) is 30.8 Å². The number of pyridine rings is 1. The van der Waals surface area contributed by atoms with Gasteiger partial charge in [-0.1, -0.05) is 11.6 Å². The summed E-state index contributed by atoms with van der Waals surface area (Å²) in [7, 11) is 0. The Morgan fingerprint density at radius 2 is 2.00 bits per heavy atom. The van der Waals surface area contributed by atoms with Crippen molar-refractivity contribution in [3.8, 4) is 0 Å². The molecule has 4 rings (SSSR count). The van der Waals surface area contributed by atoms with E-state index in [-0.39, 0.29) is 28.5 Å². The van der Waals surface area contributed by atoms with E-state index in [0.29, 0.717) is 30.2 Å². The predicted octanol–water partition coefficient (Wildman–Crippen LogP) is 5.81. The summed E-state index contributed by atoms with van der Waals surface area (Å²) in [5.41, 5.74) is 1.17. The molecule has 0 radical (unpaired) electrons. The van der Waals surface area contributed by atoms with Gasteiger partial charge in [0.1, 0.15) is 29.1 Å². The van der Waals surface area contributed by atoms with Gasteiger partial charge in [-0.3, -0.25) is 0 Å². The molecule has 174 valence electrons. The quantitative estimate of drug-likeness (QED) is 0.481. The number of halogens is 3. The van der Waals surface area contributed by atoms with E-state index in [1.807, 2.05) is 32.9 Å². The number of hydrogen-bond donors (Lipinski definition) is 1. The Morgan fingerprint density at radius 1 is 1.21 bits per heavy atom. The van der Waals surface area contributed by atoms with Crippen molar-refractivity contribution in [1.29, 1.82) is 0 Å². The van der Waals surface area contributed by atoms with E-state index in [9.17, 15) is 13.6 Å². The van der Waals surface area contributed by atoms with Gasteiger partial charge in [0.05, 0.1) is 16.2 Å². The molecule has 2 aromatic heterocycles. The predicted molar refractivity (Wildman–Crippen MR) is 122 cm³/mol. The third-order valence-electron chi connectivity index (χ3n) is 5.26. The fourth-order valence-electron chi connectivity index (χ4n) is 3.73. The molecule has 1 amide bonds. The Kier molecular flexibility index (Phi) is 6.34. The molecule has 1 aliphatic heterocycles. The fraction of sp³-hybridized carbons (Fsp3) is 0.391. The molecule has 1 aromatic carbocycles. The van der Waals surface area contributed by atoms with Crippen LogP contribution >= 0.6 is 11.6 Å². The smallest absolute Gasteiger partial charge is 0.410 e. The molecule has 1 N–H and O–H groups in total. The maximum absolute atomic E-state index is 14.2. The van der Waals surface area contributed by atoms with Crippen molar-refractivity contribution < 1.29 is 18.3 Å². The summed E-state index contributed by atoms with van der Waals surface area (Å²) in [4.78, 5) is 27.4. The molecule has 1 saturated heterocycles. The third kappa shape index (κ3) is 5.30. The third-order valence-corrected chi connectivity index (χ3v) is 5.55. The van der Waals surface area contributed by atoms with Crippen LogP contribution in [0, 0.1) is 11.6 Å². The molecular formula is C23H24ClF2N5O2. The van der Waals surface area contributed by atoms with Crippen molar-refractivity contribution in [1.82, 2.24) is 19.9 Å². The van der Waals surface area contributed by atoms with Gasteiger partial charge in [-0.25, -0.2) is 28.5 Å². The van der Waals surface area contributed by atoms with Gasteiger partial charge in [0.15, 0.2) is 5.82 Å². The number of anilines is 2. The SMILES string of the molecule is CC(C)(C)OC(=O)N1CCCC(c2ccc3ncnc(Nc4cc(Cl)c(F)cc4F)c3n2)C1. The number of ether oxygens (including phenoxy) is 1. The fourth-order valence-corrected chi connectivity index (χ4v) is 3.89. The van der Waals surface area contributed by atoms with Crippen LogP contribution in [0.5, 0.6) is 0 Å². The first-order valence-corrected chi connectivity index (χ1v) is 11.0. The minimum Gasteiger partial charge on any atom is -0.444 e. The number of rotatable bonds is 3. The second-order valence-electron chi connectivity index (χ2n) is 8.96. The van der Waals surface area contributed by atoms with Crippen LogP contribution in [-0.4, -0.2) is 44.6 Å². The van der Waals surface area contributed by atoms with Crippen LogP contribution in [-0.2, 0) is 4.74 Å². The van der Waals surface area contributed by atoms with Gasteiger partial charge < -0.3 is 15.0 Å². The zero-order valence-corrected chi connectivity index (χ0v) is 19.3. The molecule has 1 atom stereocenters. The average molecular weight is 476 g/mol. The van der Waals surface area contributed by atoms with Gasteiger partial charge >= 0.3 is 6.09 Å². The monoisotopic (exact) mass is 475 g/mol. The second-order valence-corrected chi connectivity index (χ2v) is 9.37. The number of hydrogen-bond acceptors (Lipinski definition) is 6. The van der Waals surface area contributed by atoms with Crippen molar-refractivity contribution >= 4 is 40.2 Å². The lowest BCUT2D eigenvalue weighted by atomic mass is 9.94. The summed E-state index contributed by atoms with van der Waals surface area (Å²) in [6.45, 7) is 6.61. The molecule has 7 nitrogen and oxygen atoms in total. The summed E-state index contributed by atoms with van der Waals surface area (Å²) >= 11 is 5.80. The number of nitrogens with one attached hydrogen (secondary N) is 1. The molecule has 3 aromatic rings. The van der Waals surface area contributed by atoms with Crippen molar-refractivity contribution in [2.45, 2.75) is 45.1 Å². The Labute approximate surface area is 195 Å². The number of amides is 1. The lowest BCUT2D eigenvalue weighted by Gasteiger charge is -2.34. The van der Waals surface area contributed by atoms with E-state index < -0.39 is 17.2 Å². The van der Waals surface area contributed by atoms with Crippen LogP contribution in [0.4, 0.5) is 25.1 Å². The lowest BCUT2D eigenvalue weighted by molar-refractivity contribution is 0.0197. The van der Waals surface area contributed by atoms with Crippen molar-refractivity contribution in [3.05, 3.63) is 52.9 Å². The lowest BCUT2D eigenvalue weighted by Crippen LogP contribution is -2.42. The van der Waals surface area contributed by atoms with Crippen molar-refractivity contribution in [2.75, 3.05) is 18.4 Å². The number of carbonyl (C=O) groups is 1. The molecule has 0 bridgehead atoms. The van der Waals surface area contributed by atoms with Crippen molar-refractivity contribution in [2.24, 2.45) is 0 Å². The first kappa shape index (κ1) is 23.1. The van der Waals surface area contributed by atoms with Gasteiger partial charge in [-0.2, -0.15) is 0 Å². The Morgan fingerprint density at radius 3 is 2.76 bits per heavy atom. The molecule has 1 fully saturated rings. The molecule has 1 unspecified atom stereocenters. The van der Waals surface area contributed by atoms with E-state index in [1.54, 1.807) is 4.90 Å². The van der Waals surface area contributed by atoms with E-state index in [1.165, 1.54) is 6.33 Å². The van der Waals surface area contributed by atoms with Gasteiger partial charge in [0.25, 0.3) is 0 Å². The van der Waals surface area contributed by atoms with Gasteiger partial charge in [0.2, 0.25) is 0 Å². The highest BCUT2D eigenvalue weighted by atomic mass is 35.5. The number of nitrogens with zero attached hydrogens (tertiary/aromatic N) is 4. The Balaban J connectivity index is 1.61. The number of carbonyl (C=O) groups excluding carboxylic acids is 1. The van der Waals surface area contributed by atoms with Crippen LogP contribution in [0.15, 0.2) is 30.6 Å². The largest absolute Gasteiger partial charge is 0.444 e. The molecule has 0 spiro atoms. The zero-order valence-electron chi connectivity index (χ0n) is 18.5. The number of aromatic nitrogens is 3. The van der Waals surface area contributed by atoms with E-state index in [0.717, 1.165) is 24.6 Å². The molecule has 33 heavy (non-hydrogen) atoms. The van der Waals surface area contributed by atoms with E-state index >= 15 is 0 Å². The Bertz CT molecular complexity index is 1200. The number of likely N-dealkylation sites (tertiary alicyclic amines) is 1. The first-order valence-electron chi connectivity index (χ1n) is 10.6. The standard InChI is InChI=1S/C23H24ClF2N5O2/c1-23(2,3)33-22(32)31-8-4-5-13(11-31)17-6-7-18-20(29-17)21(28-12-27-18)30-19-9-14(24)15(25)10-16(19)26/h6-7,9-10,12-13H,4-5,8,11H2,1-3H3,(H,27,28,30). The number of fused-ring (bicyclic) bond motifs is 1. The summed E-state index contributed by atoms with van der Waals surface area (Å²) < 4.78 is 33.3. The molecule has 1 aliphatic rings. The summed E-state index contributed by atoms with van der Waals surface area (Å²) in [6.07, 6.45) is 2.66. The first-order chi connectivity index (χ1) is 15.6. The maximum atomic E-state index is 14.2. The summed E-state index contributed by atoms with van der Waals surface area (Å²) in [5, 5.41) is 2.63. The molecule has 10 heteroatoms. The van der Waals surface area contributed by atoms with E-state index in [2.05, 4.69) is 15.3 Å². The highest BCUT2D eigenvalue weighted by Crippen LogP contribution is 2.31. The molecule has 3 heterocycles. The summed E-state index contributed by atoms with van der Waals surface area (Å²) in [6, 6.07) is 5.55. The second kappa shape index (κ2) is 9.05. The number of benzene rings is 1. The van der Waals surface area contributed by atoms with Crippen LogP contribution in [0.25, 0.3) is 11.0 Å². The van der Waals surface area contributed by atoms with Crippen molar-refractivity contribution in [3.63, 3.8) is 0 Å². The topological polar surface area (TPSA) is 80.2 Å². The molecule has 0 saturated carbocycles. The molecule has 0 aliphatic carbocycles. The maximum Gasteiger partial charge on any atom is 0.410 e. The van der Waals surface area contributed by atoms with Gasteiger partial charge in [-0.05, 0) is 51.8 Å². The normalized spacial score (nSPS) is 16.7. The highest BCUT2D eigenvalue weighted by Gasteiger charge is 2.29. The van der Waals surface area contributed by atoms with Gasteiger partial charge in [-0.15, -0.1) is 0 Å². The van der Waals surface area contributed by atoms with Crippen LogP contribution in [0.2, 0.25) is 5.02 Å². The minimum absolute atomic E-state index is 0.000672. The van der Waals surface area contributed by atoms with Crippen LogP contribution < -0.4 is 5.32 Å². The summed E-state index contributed by atoms with van der Waals surface area (Å²) in [5.74, 6) is -1.39. The van der Waals surface area contributed by atoms with E-state index in [4.69, 9.17) is 21.3 Å².